The number of likely N-dealkylation sites (tertiary alicyclic amines) is 1. The average Bonchev–Trinajstić information content (AvgIpc) is 2.17. The number of rotatable bonds is 3. The van der Waals surface area contributed by atoms with Crippen molar-refractivity contribution < 1.29 is 5.11 Å². The van der Waals surface area contributed by atoms with Crippen molar-refractivity contribution in [3.05, 3.63) is 0 Å². The Balaban J connectivity index is 2.25. The van der Waals surface area contributed by atoms with Gasteiger partial charge in [-0.05, 0) is 38.4 Å². The summed E-state index contributed by atoms with van der Waals surface area (Å²) in [5.41, 5.74) is 5.77. The molecule has 1 atom stereocenters. The van der Waals surface area contributed by atoms with Crippen LogP contribution in [-0.2, 0) is 0 Å². The molecule has 3 nitrogen and oxygen atoms in total. The largest absolute Gasteiger partial charge is 0.395 e. The summed E-state index contributed by atoms with van der Waals surface area (Å²) in [6, 6.07) is 0.00371. The van der Waals surface area contributed by atoms with Crippen LogP contribution in [0.3, 0.4) is 0 Å². The lowest BCUT2D eigenvalue weighted by Crippen LogP contribution is -2.42. The van der Waals surface area contributed by atoms with Gasteiger partial charge in [0.25, 0.3) is 0 Å². The summed E-state index contributed by atoms with van der Waals surface area (Å²) < 4.78 is 0. The van der Waals surface area contributed by atoms with Gasteiger partial charge in [0.05, 0.1) is 6.61 Å². The molecule has 0 aromatic carbocycles. The van der Waals surface area contributed by atoms with Gasteiger partial charge in [0.2, 0.25) is 0 Å². The zero-order valence-corrected chi connectivity index (χ0v) is 7.87. The van der Waals surface area contributed by atoms with E-state index in [0.717, 1.165) is 32.5 Å². The maximum Gasteiger partial charge on any atom is 0.0585 e. The first kappa shape index (κ1) is 9.96. The van der Waals surface area contributed by atoms with E-state index in [-0.39, 0.29) is 12.6 Å². The third-order valence-electron chi connectivity index (χ3n) is 2.90. The lowest BCUT2D eigenvalue weighted by molar-refractivity contribution is 0.145. The fraction of sp³-hybridized carbons (Fsp3) is 1.00. The molecule has 0 radical (unpaired) electrons. The summed E-state index contributed by atoms with van der Waals surface area (Å²) in [7, 11) is 0. The van der Waals surface area contributed by atoms with Crippen molar-refractivity contribution in [1.29, 1.82) is 0 Å². The van der Waals surface area contributed by atoms with Gasteiger partial charge in [-0.15, -0.1) is 0 Å². The van der Waals surface area contributed by atoms with E-state index in [0.29, 0.717) is 5.92 Å². The third kappa shape index (κ3) is 2.44. The van der Waals surface area contributed by atoms with Crippen LogP contribution in [0.2, 0.25) is 0 Å². The first-order valence-electron chi connectivity index (χ1n) is 4.86. The molecule has 0 amide bonds. The zero-order valence-electron chi connectivity index (χ0n) is 7.87. The van der Waals surface area contributed by atoms with Crippen molar-refractivity contribution in [2.45, 2.75) is 25.8 Å². The van der Waals surface area contributed by atoms with E-state index < -0.39 is 0 Å². The molecule has 0 spiro atoms. The molecule has 3 heteroatoms. The van der Waals surface area contributed by atoms with Gasteiger partial charge in [-0.2, -0.15) is 0 Å². The highest BCUT2D eigenvalue weighted by atomic mass is 16.3. The Morgan fingerprint density at radius 1 is 1.50 bits per heavy atom. The number of hydrogen-bond donors (Lipinski definition) is 2. The highest BCUT2D eigenvalue weighted by Gasteiger charge is 2.22. The van der Waals surface area contributed by atoms with E-state index in [1.807, 2.05) is 0 Å². The Labute approximate surface area is 74.5 Å². The molecular weight excluding hydrogens is 152 g/mol. The Morgan fingerprint density at radius 2 is 2.08 bits per heavy atom. The van der Waals surface area contributed by atoms with E-state index in [1.54, 1.807) is 0 Å². The van der Waals surface area contributed by atoms with Gasteiger partial charge >= 0.3 is 0 Å². The van der Waals surface area contributed by atoms with E-state index in [9.17, 15) is 0 Å². The minimum Gasteiger partial charge on any atom is -0.395 e. The van der Waals surface area contributed by atoms with Gasteiger partial charge in [-0.1, -0.05) is 6.92 Å². The lowest BCUT2D eigenvalue weighted by atomic mass is 9.90. The molecule has 72 valence electrons. The molecular formula is C9H20N2O. The van der Waals surface area contributed by atoms with Crippen molar-refractivity contribution in [1.82, 2.24) is 4.90 Å². The standard InChI is InChI=1S/C9H20N2O/c1-2-11-5-3-8(4-6-11)9(10)7-12/h8-9,12H,2-7,10H2,1H3. The zero-order chi connectivity index (χ0) is 8.97. The summed E-state index contributed by atoms with van der Waals surface area (Å²) in [6.07, 6.45) is 2.30. The van der Waals surface area contributed by atoms with E-state index in [1.165, 1.54) is 0 Å². The Hall–Kier alpha value is -0.120. The number of nitrogens with zero attached hydrogens (tertiary/aromatic N) is 1. The molecule has 0 aliphatic carbocycles. The number of aliphatic hydroxyl groups is 1. The normalized spacial score (nSPS) is 24.2. The first-order valence-corrected chi connectivity index (χ1v) is 4.86. The topological polar surface area (TPSA) is 49.5 Å². The summed E-state index contributed by atoms with van der Waals surface area (Å²) in [4.78, 5) is 2.43. The lowest BCUT2D eigenvalue weighted by Gasteiger charge is -2.33. The second kappa shape index (κ2) is 4.80. The predicted octanol–water partition coefficient (Wildman–Crippen LogP) is 0.0379. The van der Waals surface area contributed by atoms with Gasteiger partial charge in [0, 0.05) is 6.04 Å². The minimum atomic E-state index is 0.00371. The van der Waals surface area contributed by atoms with Crippen LogP contribution in [0.15, 0.2) is 0 Å². The van der Waals surface area contributed by atoms with Crippen LogP contribution in [0.25, 0.3) is 0 Å². The SMILES string of the molecule is CCN1CCC(C(N)CO)CC1. The van der Waals surface area contributed by atoms with Crippen LogP contribution in [0, 0.1) is 5.92 Å². The molecule has 1 rings (SSSR count). The van der Waals surface area contributed by atoms with Crippen LogP contribution in [0.5, 0.6) is 0 Å². The van der Waals surface area contributed by atoms with Crippen molar-refractivity contribution in [2.24, 2.45) is 11.7 Å². The van der Waals surface area contributed by atoms with Gasteiger partial charge in [0.1, 0.15) is 0 Å². The van der Waals surface area contributed by atoms with Crippen molar-refractivity contribution in [2.75, 3.05) is 26.2 Å². The summed E-state index contributed by atoms with van der Waals surface area (Å²) >= 11 is 0. The molecule has 12 heavy (non-hydrogen) atoms. The molecule has 1 unspecified atom stereocenters. The van der Waals surface area contributed by atoms with Gasteiger partial charge in [-0.3, -0.25) is 0 Å². The van der Waals surface area contributed by atoms with E-state index in [2.05, 4.69) is 11.8 Å². The first-order chi connectivity index (χ1) is 5.77. The molecule has 3 N–H and O–H groups in total. The highest BCUT2D eigenvalue weighted by Crippen LogP contribution is 2.18. The van der Waals surface area contributed by atoms with E-state index in [4.69, 9.17) is 10.8 Å². The van der Waals surface area contributed by atoms with Crippen LogP contribution in [-0.4, -0.2) is 42.3 Å². The molecule has 0 aromatic rings. The number of nitrogens with two attached hydrogens (primary N) is 1. The number of hydrogen-bond acceptors (Lipinski definition) is 3. The average molecular weight is 172 g/mol. The Kier molecular flexibility index (Phi) is 3.98. The number of aliphatic hydroxyl groups excluding tert-OH is 1. The van der Waals surface area contributed by atoms with Crippen molar-refractivity contribution in [3.63, 3.8) is 0 Å². The van der Waals surface area contributed by atoms with E-state index >= 15 is 0 Å². The molecule has 0 bridgehead atoms. The molecule has 1 saturated heterocycles. The van der Waals surface area contributed by atoms with Crippen molar-refractivity contribution in [3.8, 4) is 0 Å². The second-order valence-electron chi connectivity index (χ2n) is 3.62. The van der Waals surface area contributed by atoms with Crippen molar-refractivity contribution >= 4 is 0 Å². The third-order valence-corrected chi connectivity index (χ3v) is 2.90. The molecule has 0 saturated carbocycles. The Morgan fingerprint density at radius 3 is 2.50 bits per heavy atom. The molecule has 0 aromatic heterocycles. The molecule has 1 aliphatic heterocycles. The molecule has 1 heterocycles. The predicted molar refractivity (Wildman–Crippen MR) is 49.9 cm³/mol. The Bertz CT molecular complexity index is 122. The maximum absolute atomic E-state index is 8.87. The van der Waals surface area contributed by atoms with Crippen LogP contribution in [0.4, 0.5) is 0 Å². The minimum absolute atomic E-state index is 0.00371. The van der Waals surface area contributed by atoms with Crippen LogP contribution < -0.4 is 5.73 Å². The van der Waals surface area contributed by atoms with Crippen LogP contribution >= 0.6 is 0 Å². The monoisotopic (exact) mass is 172 g/mol. The molecule has 1 fully saturated rings. The van der Waals surface area contributed by atoms with Gasteiger partial charge < -0.3 is 15.7 Å². The second-order valence-corrected chi connectivity index (χ2v) is 3.62. The summed E-state index contributed by atoms with van der Waals surface area (Å²) in [5, 5.41) is 8.87. The van der Waals surface area contributed by atoms with Crippen LogP contribution in [0.1, 0.15) is 19.8 Å². The summed E-state index contributed by atoms with van der Waals surface area (Å²) in [5.74, 6) is 0.540. The highest BCUT2D eigenvalue weighted by molar-refractivity contribution is 4.78. The van der Waals surface area contributed by atoms with Gasteiger partial charge in [-0.25, -0.2) is 0 Å². The fourth-order valence-electron chi connectivity index (χ4n) is 1.85. The smallest absolute Gasteiger partial charge is 0.0585 e. The van der Waals surface area contributed by atoms with Gasteiger partial charge in [0.15, 0.2) is 0 Å². The summed E-state index contributed by atoms with van der Waals surface area (Å²) in [6.45, 7) is 5.76. The number of piperidine rings is 1. The fourth-order valence-corrected chi connectivity index (χ4v) is 1.85. The maximum atomic E-state index is 8.87. The quantitative estimate of drug-likeness (QED) is 0.632. The molecule has 1 aliphatic rings.